The number of benzene rings is 1. The minimum absolute atomic E-state index is 0.727. The summed E-state index contributed by atoms with van der Waals surface area (Å²) in [6.07, 6.45) is 0. The van der Waals surface area contributed by atoms with Gasteiger partial charge in [-0.05, 0) is 31.4 Å². The molecule has 1 unspecified atom stereocenters. The number of hydrogen-bond acceptors (Lipinski definition) is 1. The minimum Gasteiger partial charge on any atom is -0.305 e. The lowest BCUT2D eigenvalue weighted by atomic mass is 9.82. The lowest BCUT2D eigenvalue weighted by Crippen LogP contribution is -2.17. The molecule has 0 saturated carbocycles. The Balaban J connectivity index is 2.22. The molecule has 1 saturated heterocycles. The molecule has 0 radical (unpaired) electrons. The van der Waals surface area contributed by atoms with E-state index in [4.69, 9.17) is 0 Å². The molecule has 1 aromatic carbocycles. The van der Waals surface area contributed by atoms with Crippen molar-refractivity contribution < 1.29 is 0 Å². The van der Waals surface area contributed by atoms with Crippen molar-refractivity contribution in [2.45, 2.75) is 26.7 Å². The first-order valence-electron chi connectivity index (χ1n) is 6.33. The summed E-state index contributed by atoms with van der Waals surface area (Å²) in [5.74, 6) is 2.31. The van der Waals surface area contributed by atoms with E-state index in [0.717, 1.165) is 17.8 Å². The second kappa shape index (κ2) is 4.58. The van der Waals surface area contributed by atoms with E-state index in [-0.39, 0.29) is 0 Å². The smallest absolute Gasteiger partial charge is 0.00506 e. The topological polar surface area (TPSA) is 3.24 Å². The van der Waals surface area contributed by atoms with Crippen LogP contribution in [-0.4, -0.2) is 25.0 Å². The van der Waals surface area contributed by atoms with Crippen molar-refractivity contribution in [3.63, 3.8) is 0 Å². The molecule has 2 atom stereocenters. The van der Waals surface area contributed by atoms with Gasteiger partial charge in [-0.15, -0.1) is 0 Å². The standard InChI is InChI=1S/C15H23N/c1-11(2)14-9-16(4)10-15(14)13-7-5-12(3)6-8-13/h5-8,11,14-15H,9-10H2,1-4H3/t14?,15-/m0/s1. The van der Waals surface area contributed by atoms with Crippen LogP contribution in [-0.2, 0) is 0 Å². The molecule has 1 fully saturated rings. The normalized spacial score (nSPS) is 26.6. The third-order valence-corrected chi connectivity index (χ3v) is 3.91. The van der Waals surface area contributed by atoms with Crippen molar-refractivity contribution in [3.8, 4) is 0 Å². The van der Waals surface area contributed by atoms with Crippen LogP contribution in [0.2, 0.25) is 0 Å². The SMILES string of the molecule is Cc1ccc([C@@H]2CN(C)CC2C(C)C)cc1. The summed E-state index contributed by atoms with van der Waals surface area (Å²) >= 11 is 0. The van der Waals surface area contributed by atoms with E-state index in [1.165, 1.54) is 24.2 Å². The Labute approximate surface area is 99.5 Å². The fraction of sp³-hybridized carbons (Fsp3) is 0.600. The fourth-order valence-corrected chi connectivity index (χ4v) is 2.87. The van der Waals surface area contributed by atoms with Crippen LogP contribution >= 0.6 is 0 Å². The van der Waals surface area contributed by atoms with Crippen LogP contribution in [0.25, 0.3) is 0 Å². The van der Waals surface area contributed by atoms with Gasteiger partial charge in [-0.25, -0.2) is 0 Å². The zero-order valence-corrected chi connectivity index (χ0v) is 10.9. The molecule has 1 nitrogen and oxygen atoms in total. The molecule has 0 amide bonds. The largest absolute Gasteiger partial charge is 0.305 e. The molecule has 2 rings (SSSR count). The molecule has 0 aromatic heterocycles. The third-order valence-electron chi connectivity index (χ3n) is 3.91. The van der Waals surface area contributed by atoms with Gasteiger partial charge in [0.25, 0.3) is 0 Å². The van der Waals surface area contributed by atoms with Gasteiger partial charge in [0.2, 0.25) is 0 Å². The third kappa shape index (κ3) is 2.30. The molecule has 88 valence electrons. The van der Waals surface area contributed by atoms with Gasteiger partial charge in [0, 0.05) is 19.0 Å². The van der Waals surface area contributed by atoms with Gasteiger partial charge in [0.15, 0.2) is 0 Å². The Kier molecular flexibility index (Phi) is 3.34. The van der Waals surface area contributed by atoms with Gasteiger partial charge in [0.05, 0.1) is 0 Å². The predicted octanol–water partition coefficient (Wildman–Crippen LogP) is 3.30. The summed E-state index contributed by atoms with van der Waals surface area (Å²) in [5.41, 5.74) is 2.88. The molecule has 16 heavy (non-hydrogen) atoms. The van der Waals surface area contributed by atoms with Crippen molar-refractivity contribution in [2.24, 2.45) is 11.8 Å². The van der Waals surface area contributed by atoms with E-state index >= 15 is 0 Å². The van der Waals surface area contributed by atoms with Gasteiger partial charge in [-0.3, -0.25) is 0 Å². The van der Waals surface area contributed by atoms with E-state index in [9.17, 15) is 0 Å². The molecule has 0 bridgehead atoms. The quantitative estimate of drug-likeness (QED) is 0.734. The molecule has 0 spiro atoms. The lowest BCUT2D eigenvalue weighted by Gasteiger charge is -2.22. The molecule has 0 aliphatic carbocycles. The second-order valence-electron chi connectivity index (χ2n) is 5.65. The molecule has 1 aromatic rings. The van der Waals surface area contributed by atoms with Crippen molar-refractivity contribution in [2.75, 3.05) is 20.1 Å². The van der Waals surface area contributed by atoms with E-state index in [0.29, 0.717) is 0 Å². The fourth-order valence-electron chi connectivity index (χ4n) is 2.87. The number of aryl methyl sites for hydroxylation is 1. The summed E-state index contributed by atoms with van der Waals surface area (Å²) in [6, 6.07) is 9.11. The highest BCUT2D eigenvalue weighted by Gasteiger charge is 2.33. The van der Waals surface area contributed by atoms with Gasteiger partial charge in [-0.1, -0.05) is 43.7 Å². The highest BCUT2D eigenvalue weighted by Crippen LogP contribution is 2.36. The summed E-state index contributed by atoms with van der Waals surface area (Å²) in [4.78, 5) is 2.47. The van der Waals surface area contributed by atoms with Crippen molar-refractivity contribution in [1.29, 1.82) is 0 Å². The molecular weight excluding hydrogens is 194 g/mol. The molecule has 1 heterocycles. The van der Waals surface area contributed by atoms with Gasteiger partial charge in [0.1, 0.15) is 0 Å². The van der Waals surface area contributed by atoms with Gasteiger partial charge in [-0.2, -0.15) is 0 Å². The van der Waals surface area contributed by atoms with Gasteiger partial charge < -0.3 is 4.90 Å². The minimum atomic E-state index is 0.727. The van der Waals surface area contributed by atoms with Crippen molar-refractivity contribution >= 4 is 0 Å². The molecule has 1 aliphatic heterocycles. The van der Waals surface area contributed by atoms with Gasteiger partial charge >= 0.3 is 0 Å². The first kappa shape index (κ1) is 11.7. The Morgan fingerprint density at radius 1 is 1.12 bits per heavy atom. The first-order chi connectivity index (χ1) is 7.58. The number of likely N-dealkylation sites (tertiary alicyclic amines) is 1. The number of nitrogens with zero attached hydrogens (tertiary/aromatic N) is 1. The van der Waals surface area contributed by atoms with Crippen LogP contribution < -0.4 is 0 Å². The molecule has 1 aliphatic rings. The predicted molar refractivity (Wildman–Crippen MR) is 69.7 cm³/mol. The van der Waals surface area contributed by atoms with Crippen LogP contribution in [0, 0.1) is 18.8 Å². The van der Waals surface area contributed by atoms with Crippen LogP contribution in [0.5, 0.6) is 0 Å². The Morgan fingerprint density at radius 2 is 1.75 bits per heavy atom. The molecular formula is C15H23N. The summed E-state index contributed by atoms with van der Waals surface area (Å²) in [6.45, 7) is 9.32. The Morgan fingerprint density at radius 3 is 2.31 bits per heavy atom. The summed E-state index contributed by atoms with van der Waals surface area (Å²) in [5, 5.41) is 0. The zero-order valence-electron chi connectivity index (χ0n) is 10.9. The van der Waals surface area contributed by atoms with Crippen LogP contribution in [0.4, 0.5) is 0 Å². The van der Waals surface area contributed by atoms with E-state index < -0.39 is 0 Å². The average Bonchev–Trinajstić information content (AvgIpc) is 2.61. The highest BCUT2D eigenvalue weighted by molar-refractivity contribution is 5.26. The van der Waals surface area contributed by atoms with E-state index in [1.807, 2.05) is 0 Å². The maximum Gasteiger partial charge on any atom is 0.00506 e. The van der Waals surface area contributed by atoms with Crippen molar-refractivity contribution in [3.05, 3.63) is 35.4 Å². The van der Waals surface area contributed by atoms with E-state index in [2.05, 4.69) is 57.0 Å². The first-order valence-corrected chi connectivity index (χ1v) is 6.33. The maximum atomic E-state index is 2.47. The average molecular weight is 217 g/mol. The van der Waals surface area contributed by atoms with E-state index in [1.54, 1.807) is 0 Å². The number of hydrogen-bond donors (Lipinski definition) is 0. The monoisotopic (exact) mass is 217 g/mol. The zero-order chi connectivity index (χ0) is 11.7. The van der Waals surface area contributed by atoms with Crippen molar-refractivity contribution in [1.82, 2.24) is 4.90 Å². The summed E-state index contributed by atoms with van der Waals surface area (Å²) in [7, 11) is 2.24. The van der Waals surface area contributed by atoms with Crippen LogP contribution in [0.1, 0.15) is 30.9 Å². The number of likely N-dealkylation sites (N-methyl/N-ethyl adjacent to an activating group) is 1. The molecule has 0 N–H and O–H groups in total. The highest BCUT2D eigenvalue weighted by atomic mass is 15.1. The summed E-state index contributed by atoms with van der Waals surface area (Å²) < 4.78 is 0. The Bertz CT molecular complexity index is 339. The maximum absolute atomic E-state index is 2.47. The number of rotatable bonds is 2. The lowest BCUT2D eigenvalue weighted by molar-refractivity contribution is 0.344. The Hall–Kier alpha value is -0.820. The van der Waals surface area contributed by atoms with Crippen LogP contribution in [0.3, 0.4) is 0 Å². The molecule has 1 heteroatoms. The van der Waals surface area contributed by atoms with Crippen LogP contribution in [0.15, 0.2) is 24.3 Å². The second-order valence-corrected chi connectivity index (χ2v) is 5.65.